The second kappa shape index (κ2) is 7.95. The maximum absolute atomic E-state index is 11.6. The number of aromatic nitrogens is 2. The molecular formula is C18H21N3O2S2. The summed E-state index contributed by atoms with van der Waals surface area (Å²) in [5.74, 6) is 0.339. The van der Waals surface area contributed by atoms with Gasteiger partial charge in [0.1, 0.15) is 5.69 Å². The van der Waals surface area contributed by atoms with Crippen LogP contribution >= 0.6 is 11.3 Å². The van der Waals surface area contributed by atoms with Gasteiger partial charge >= 0.3 is 0 Å². The molecule has 2 heterocycles. The first-order chi connectivity index (χ1) is 12.1. The molecule has 7 heteroatoms. The summed E-state index contributed by atoms with van der Waals surface area (Å²) in [6.07, 6.45) is 2.01. The molecule has 0 aliphatic carbocycles. The fourth-order valence-corrected chi connectivity index (χ4v) is 3.96. The zero-order valence-corrected chi connectivity index (χ0v) is 15.7. The standard InChI is InChI=1S/C18H21N3O2S2/c1-2-25(22,23)12-10-19-13-15-14-21(16-7-4-3-5-8-16)20-18(15)17-9-6-11-24-17/h3-9,11,14,19H,2,10,12-13H2,1H3. The lowest BCUT2D eigenvalue weighted by Crippen LogP contribution is -2.23. The molecule has 0 atom stereocenters. The molecule has 0 aliphatic heterocycles. The zero-order chi connectivity index (χ0) is 17.7. The second-order valence-corrected chi connectivity index (χ2v) is 9.09. The van der Waals surface area contributed by atoms with Gasteiger partial charge in [-0.2, -0.15) is 5.10 Å². The van der Waals surface area contributed by atoms with E-state index in [2.05, 4.69) is 5.32 Å². The molecule has 0 amide bonds. The topological polar surface area (TPSA) is 64.0 Å². The third-order valence-corrected chi connectivity index (χ3v) is 6.49. The van der Waals surface area contributed by atoms with Crippen LogP contribution in [0.1, 0.15) is 12.5 Å². The Morgan fingerprint density at radius 1 is 1.16 bits per heavy atom. The molecule has 0 unspecified atom stereocenters. The van der Waals surface area contributed by atoms with E-state index in [1.165, 1.54) is 0 Å². The lowest BCUT2D eigenvalue weighted by Gasteiger charge is -2.04. The van der Waals surface area contributed by atoms with Crippen LogP contribution in [0.15, 0.2) is 54.0 Å². The van der Waals surface area contributed by atoms with Crippen molar-refractivity contribution < 1.29 is 8.42 Å². The fourth-order valence-electron chi connectivity index (χ4n) is 2.47. The maximum atomic E-state index is 11.6. The zero-order valence-electron chi connectivity index (χ0n) is 14.1. The minimum absolute atomic E-state index is 0.157. The molecule has 1 aromatic carbocycles. The van der Waals surface area contributed by atoms with E-state index in [1.54, 1.807) is 18.3 Å². The fraction of sp³-hybridized carbons (Fsp3) is 0.278. The predicted octanol–water partition coefficient (Wildman–Crippen LogP) is 3.13. The second-order valence-electron chi connectivity index (χ2n) is 5.67. The van der Waals surface area contributed by atoms with E-state index in [9.17, 15) is 8.42 Å². The minimum atomic E-state index is -2.95. The van der Waals surface area contributed by atoms with Gasteiger partial charge in [0.25, 0.3) is 0 Å². The average molecular weight is 376 g/mol. The Balaban J connectivity index is 1.79. The van der Waals surface area contributed by atoms with Gasteiger partial charge in [-0.3, -0.25) is 0 Å². The van der Waals surface area contributed by atoms with Crippen molar-refractivity contribution in [2.45, 2.75) is 13.5 Å². The lowest BCUT2D eigenvalue weighted by atomic mass is 10.2. The third-order valence-electron chi connectivity index (χ3n) is 3.91. The van der Waals surface area contributed by atoms with Gasteiger partial charge in [0.15, 0.2) is 9.84 Å². The molecule has 3 rings (SSSR count). The van der Waals surface area contributed by atoms with E-state index in [0.29, 0.717) is 13.1 Å². The molecule has 0 aliphatic rings. The Kier molecular flexibility index (Phi) is 5.67. The predicted molar refractivity (Wildman–Crippen MR) is 103 cm³/mol. The van der Waals surface area contributed by atoms with Gasteiger partial charge < -0.3 is 5.32 Å². The van der Waals surface area contributed by atoms with Gasteiger partial charge in [-0.1, -0.05) is 31.2 Å². The number of hydrogen-bond donors (Lipinski definition) is 1. The number of benzene rings is 1. The van der Waals surface area contributed by atoms with Crippen molar-refractivity contribution >= 4 is 21.2 Å². The van der Waals surface area contributed by atoms with Gasteiger partial charge in [0.05, 0.1) is 16.3 Å². The van der Waals surface area contributed by atoms with Crippen LogP contribution in [-0.4, -0.2) is 36.2 Å². The van der Waals surface area contributed by atoms with Crippen LogP contribution in [0.5, 0.6) is 0 Å². The summed E-state index contributed by atoms with van der Waals surface area (Å²) in [5, 5.41) is 10.00. The summed E-state index contributed by atoms with van der Waals surface area (Å²) in [4.78, 5) is 1.10. The van der Waals surface area contributed by atoms with Crippen molar-refractivity contribution in [2.24, 2.45) is 0 Å². The SMILES string of the molecule is CCS(=O)(=O)CCNCc1cn(-c2ccccc2)nc1-c1cccs1. The molecule has 0 spiro atoms. The van der Waals surface area contributed by atoms with Gasteiger partial charge in [-0.05, 0) is 23.6 Å². The van der Waals surface area contributed by atoms with Gasteiger partial charge in [-0.25, -0.2) is 13.1 Å². The van der Waals surface area contributed by atoms with E-state index in [0.717, 1.165) is 21.8 Å². The Hall–Kier alpha value is -1.96. The lowest BCUT2D eigenvalue weighted by molar-refractivity contribution is 0.592. The van der Waals surface area contributed by atoms with Gasteiger partial charge in [0.2, 0.25) is 0 Å². The van der Waals surface area contributed by atoms with E-state index in [4.69, 9.17) is 5.10 Å². The van der Waals surface area contributed by atoms with Crippen LogP contribution in [0.4, 0.5) is 0 Å². The Labute approximate surface area is 152 Å². The summed E-state index contributed by atoms with van der Waals surface area (Å²) in [5.41, 5.74) is 2.99. The highest BCUT2D eigenvalue weighted by atomic mass is 32.2. The van der Waals surface area contributed by atoms with Crippen LogP contribution in [-0.2, 0) is 16.4 Å². The average Bonchev–Trinajstić information content (AvgIpc) is 3.29. The molecule has 5 nitrogen and oxygen atoms in total. The molecule has 0 radical (unpaired) electrons. The van der Waals surface area contributed by atoms with Crippen LogP contribution in [0.25, 0.3) is 16.3 Å². The van der Waals surface area contributed by atoms with Crippen molar-refractivity contribution in [3.63, 3.8) is 0 Å². The number of thiophene rings is 1. The number of rotatable bonds is 8. The third kappa shape index (κ3) is 4.56. The van der Waals surface area contributed by atoms with E-state index >= 15 is 0 Å². The normalized spacial score (nSPS) is 11.7. The first kappa shape index (κ1) is 17.8. The summed E-state index contributed by atoms with van der Waals surface area (Å²) in [6, 6.07) is 14.0. The largest absolute Gasteiger partial charge is 0.312 e. The number of hydrogen-bond acceptors (Lipinski definition) is 5. The Morgan fingerprint density at radius 2 is 1.96 bits per heavy atom. The first-order valence-electron chi connectivity index (χ1n) is 8.18. The molecule has 25 heavy (non-hydrogen) atoms. The molecule has 3 aromatic rings. The molecule has 0 bridgehead atoms. The van der Waals surface area contributed by atoms with Crippen molar-refractivity contribution in [3.8, 4) is 16.3 Å². The first-order valence-corrected chi connectivity index (χ1v) is 10.9. The highest BCUT2D eigenvalue weighted by molar-refractivity contribution is 7.91. The van der Waals surface area contributed by atoms with E-state index < -0.39 is 9.84 Å². The Morgan fingerprint density at radius 3 is 2.64 bits per heavy atom. The maximum Gasteiger partial charge on any atom is 0.151 e. The summed E-state index contributed by atoms with van der Waals surface area (Å²) in [6.45, 7) is 2.70. The van der Waals surface area contributed by atoms with Crippen molar-refractivity contribution in [1.82, 2.24) is 15.1 Å². The van der Waals surface area contributed by atoms with E-state index in [1.807, 2.05) is 58.7 Å². The minimum Gasteiger partial charge on any atom is -0.312 e. The number of nitrogens with one attached hydrogen (secondary N) is 1. The van der Waals surface area contributed by atoms with Crippen LogP contribution in [0.3, 0.4) is 0 Å². The quantitative estimate of drug-likeness (QED) is 0.615. The van der Waals surface area contributed by atoms with E-state index in [-0.39, 0.29) is 11.5 Å². The van der Waals surface area contributed by atoms with Crippen molar-refractivity contribution in [3.05, 3.63) is 59.6 Å². The molecule has 132 valence electrons. The number of nitrogens with zero attached hydrogens (tertiary/aromatic N) is 2. The number of para-hydroxylation sites is 1. The monoisotopic (exact) mass is 375 g/mol. The molecule has 1 N–H and O–H groups in total. The van der Waals surface area contributed by atoms with Gasteiger partial charge in [0, 0.05) is 30.6 Å². The highest BCUT2D eigenvalue weighted by Gasteiger charge is 2.13. The van der Waals surface area contributed by atoms with Crippen LogP contribution in [0.2, 0.25) is 0 Å². The van der Waals surface area contributed by atoms with Crippen molar-refractivity contribution in [2.75, 3.05) is 18.1 Å². The van der Waals surface area contributed by atoms with Crippen LogP contribution < -0.4 is 5.32 Å². The molecular weight excluding hydrogens is 354 g/mol. The summed E-state index contributed by atoms with van der Waals surface area (Å²) < 4.78 is 25.1. The molecule has 0 saturated carbocycles. The van der Waals surface area contributed by atoms with Crippen LogP contribution in [0, 0.1) is 0 Å². The smallest absolute Gasteiger partial charge is 0.151 e. The van der Waals surface area contributed by atoms with Gasteiger partial charge in [-0.15, -0.1) is 11.3 Å². The molecule has 0 fully saturated rings. The molecule has 2 aromatic heterocycles. The Bertz CT molecular complexity index is 901. The summed E-state index contributed by atoms with van der Waals surface area (Å²) in [7, 11) is -2.95. The highest BCUT2D eigenvalue weighted by Crippen LogP contribution is 2.27. The summed E-state index contributed by atoms with van der Waals surface area (Å²) >= 11 is 1.65. The van der Waals surface area contributed by atoms with Crippen molar-refractivity contribution in [1.29, 1.82) is 0 Å². The number of sulfone groups is 1. The molecule has 0 saturated heterocycles.